The van der Waals surface area contributed by atoms with Crippen LogP contribution in [0.15, 0.2) is 22.0 Å². The smallest absolute Gasteiger partial charge is 0.0765 e. The van der Waals surface area contributed by atoms with Crippen molar-refractivity contribution in [3.05, 3.63) is 42.2 Å². The fourth-order valence-corrected chi connectivity index (χ4v) is 4.80. The molecule has 0 aliphatic heterocycles. The van der Waals surface area contributed by atoms with E-state index >= 15 is 0 Å². The molecule has 2 aromatic rings. The molecule has 0 aliphatic rings. The fourth-order valence-electron chi connectivity index (χ4n) is 1.92. The van der Waals surface area contributed by atoms with Crippen LogP contribution in [0.3, 0.4) is 0 Å². The van der Waals surface area contributed by atoms with E-state index in [9.17, 15) is 0 Å². The van der Waals surface area contributed by atoms with Crippen molar-refractivity contribution in [3.63, 3.8) is 0 Å². The molecule has 0 aliphatic carbocycles. The summed E-state index contributed by atoms with van der Waals surface area (Å²) < 4.78 is 1.22. The molecule has 0 aromatic carbocycles. The highest BCUT2D eigenvalue weighted by Gasteiger charge is 2.19. The molecule has 2 rings (SSSR count). The van der Waals surface area contributed by atoms with E-state index in [4.69, 9.17) is 0 Å². The summed E-state index contributed by atoms with van der Waals surface area (Å²) in [6.45, 7) is 4.37. The molecule has 1 N–H and O–H groups in total. The lowest BCUT2D eigenvalue weighted by Gasteiger charge is -2.14. The van der Waals surface area contributed by atoms with Crippen molar-refractivity contribution in [2.24, 2.45) is 0 Å². The zero-order valence-electron chi connectivity index (χ0n) is 10.2. The molecule has 0 amide bonds. The Kier molecular flexibility index (Phi) is 4.42. The summed E-state index contributed by atoms with van der Waals surface area (Å²) in [5.74, 6) is 0. The number of nitrogens with one attached hydrogen (secondary N) is 1. The van der Waals surface area contributed by atoms with Gasteiger partial charge in [0.05, 0.1) is 6.04 Å². The second kappa shape index (κ2) is 5.65. The zero-order chi connectivity index (χ0) is 12.4. The lowest BCUT2D eigenvalue weighted by molar-refractivity contribution is 0.709. The van der Waals surface area contributed by atoms with Gasteiger partial charge in [-0.05, 0) is 59.4 Å². The Labute approximate surface area is 119 Å². The van der Waals surface area contributed by atoms with Crippen molar-refractivity contribution in [2.45, 2.75) is 26.3 Å². The van der Waals surface area contributed by atoms with Crippen LogP contribution in [-0.4, -0.2) is 7.05 Å². The number of hydrogen-bond donors (Lipinski definition) is 1. The highest BCUT2D eigenvalue weighted by atomic mass is 79.9. The first-order chi connectivity index (χ1) is 8.17. The Balaban J connectivity index is 2.40. The molecular formula is C13H16BrNS2. The van der Waals surface area contributed by atoms with E-state index in [1.807, 2.05) is 29.7 Å². The molecule has 0 radical (unpaired) electrons. The summed E-state index contributed by atoms with van der Waals surface area (Å²) in [6.07, 6.45) is 1.10. The Hall–Kier alpha value is -0.160. The second-order valence-electron chi connectivity index (χ2n) is 3.94. The molecule has 2 aromatic heterocycles. The van der Waals surface area contributed by atoms with Crippen LogP contribution in [0, 0.1) is 6.92 Å². The van der Waals surface area contributed by atoms with Crippen molar-refractivity contribution >= 4 is 38.6 Å². The van der Waals surface area contributed by atoms with Gasteiger partial charge in [-0.1, -0.05) is 6.92 Å². The van der Waals surface area contributed by atoms with Crippen molar-refractivity contribution in [1.82, 2.24) is 5.32 Å². The molecule has 0 bridgehead atoms. The topological polar surface area (TPSA) is 12.0 Å². The van der Waals surface area contributed by atoms with E-state index in [-0.39, 0.29) is 0 Å². The lowest BCUT2D eigenvalue weighted by atomic mass is 10.1. The molecule has 1 unspecified atom stereocenters. The summed E-state index contributed by atoms with van der Waals surface area (Å²) in [7, 11) is 2.03. The second-order valence-corrected chi connectivity index (χ2v) is 7.03. The largest absolute Gasteiger partial charge is 0.308 e. The van der Waals surface area contributed by atoms with Gasteiger partial charge in [0.15, 0.2) is 0 Å². The molecule has 0 spiro atoms. The standard InChI is InChI=1S/C13H16BrNS2/c1-4-9-5-6-16-13(9)12(15-3)11-7-10(14)8(2)17-11/h5-7,12,15H,4H2,1-3H3. The minimum Gasteiger partial charge on any atom is -0.308 e. The number of rotatable bonds is 4. The van der Waals surface area contributed by atoms with Gasteiger partial charge < -0.3 is 5.32 Å². The summed E-state index contributed by atoms with van der Waals surface area (Å²) in [5, 5.41) is 5.62. The molecule has 1 nitrogen and oxygen atoms in total. The summed E-state index contributed by atoms with van der Waals surface area (Å²) >= 11 is 7.31. The van der Waals surface area contributed by atoms with Crippen molar-refractivity contribution in [3.8, 4) is 0 Å². The van der Waals surface area contributed by atoms with E-state index in [2.05, 4.69) is 52.6 Å². The molecule has 92 valence electrons. The van der Waals surface area contributed by atoms with Crippen LogP contribution in [0.5, 0.6) is 0 Å². The predicted octanol–water partition coefficient (Wildman–Crippen LogP) is 4.75. The third-order valence-corrected chi connectivity index (χ3v) is 6.10. The molecule has 0 saturated heterocycles. The average Bonchev–Trinajstić information content (AvgIpc) is 2.89. The Morgan fingerprint density at radius 3 is 2.76 bits per heavy atom. The summed E-state index contributed by atoms with van der Waals surface area (Å²) in [4.78, 5) is 4.17. The van der Waals surface area contributed by atoms with Crippen LogP contribution in [0.1, 0.15) is 33.2 Å². The molecular weight excluding hydrogens is 314 g/mol. The zero-order valence-corrected chi connectivity index (χ0v) is 13.4. The minimum atomic E-state index is 0.333. The number of halogens is 1. The van der Waals surface area contributed by atoms with E-state index in [0.717, 1.165) is 6.42 Å². The number of hydrogen-bond acceptors (Lipinski definition) is 3. The maximum atomic E-state index is 3.60. The van der Waals surface area contributed by atoms with Crippen LogP contribution in [-0.2, 0) is 6.42 Å². The van der Waals surface area contributed by atoms with Crippen LogP contribution in [0.4, 0.5) is 0 Å². The van der Waals surface area contributed by atoms with E-state index < -0.39 is 0 Å². The van der Waals surface area contributed by atoms with Gasteiger partial charge in [-0.15, -0.1) is 22.7 Å². The van der Waals surface area contributed by atoms with E-state index in [0.29, 0.717) is 6.04 Å². The van der Waals surface area contributed by atoms with Gasteiger partial charge >= 0.3 is 0 Å². The Morgan fingerprint density at radius 1 is 1.47 bits per heavy atom. The molecule has 1 atom stereocenters. The highest BCUT2D eigenvalue weighted by Crippen LogP contribution is 2.36. The monoisotopic (exact) mass is 329 g/mol. The molecule has 17 heavy (non-hydrogen) atoms. The first kappa shape index (κ1) is 13.3. The van der Waals surface area contributed by atoms with Crippen molar-refractivity contribution in [1.29, 1.82) is 0 Å². The number of aryl methyl sites for hydroxylation is 2. The lowest BCUT2D eigenvalue weighted by Crippen LogP contribution is -2.16. The van der Waals surface area contributed by atoms with Crippen molar-refractivity contribution in [2.75, 3.05) is 7.05 Å². The minimum absolute atomic E-state index is 0.333. The van der Waals surface area contributed by atoms with E-state index in [1.165, 1.54) is 24.7 Å². The first-order valence-corrected chi connectivity index (χ1v) is 8.15. The third-order valence-electron chi connectivity index (χ3n) is 2.87. The SMILES string of the molecule is CCc1ccsc1C(NC)c1cc(Br)c(C)s1. The van der Waals surface area contributed by atoms with Gasteiger partial charge in [0.2, 0.25) is 0 Å². The van der Waals surface area contributed by atoms with Gasteiger partial charge in [0, 0.05) is 19.1 Å². The molecule has 0 saturated carbocycles. The Bertz CT molecular complexity index is 482. The van der Waals surface area contributed by atoms with Gasteiger partial charge in [-0.3, -0.25) is 0 Å². The predicted molar refractivity (Wildman–Crippen MR) is 81.4 cm³/mol. The molecule has 2 heterocycles. The van der Waals surface area contributed by atoms with Crippen LogP contribution in [0.2, 0.25) is 0 Å². The molecule has 0 fully saturated rings. The fraction of sp³-hybridized carbons (Fsp3) is 0.385. The summed E-state index contributed by atoms with van der Waals surface area (Å²) in [6, 6.07) is 4.81. The van der Waals surface area contributed by atoms with E-state index in [1.54, 1.807) is 0 Å². The Morgan fingerprint density at radius 2 is 2.24 bits per heavy atom. The summed E-state index contributed by atoms with van der Waals surface area (Å²) in [5.41, 5.74) is 1.46. The van der Waals surface area contributed by atoms with Gasteiger partial charge in [-0.2, -0.15) is 0 Å². The van der Waals surface area contributed by atoms with Gasteiger partial charge in [0.25, 0.3) is 0 Å². The van der Waals surface area contributed by atoms with Gasteiger partial charge in [-0.25, -0.2) is 0 Å². The normalized spacial score (nSPS) is 12.9. The number of thiophene rings is 2. The van der Waals surface area contributed by atoms with Crippen molar-refractivity contribution < 1.29 is 0 Å². The quantitative estimate of drug-likeness (QED) is 0.853. The van der Waals surface area contributed by atoms with Crippen LogP contribution in [0.25, 0.3) is 0 Å². The first-order valence-electron chi connectivity index (χ1n) is 5.66. The maximum absolute atomic E-state index is 3.60. The van der Waals surface area contributed by atoms with Gasteiger partial charge in [0.1, 0.15) is 0 Å². The molecule has 4 heteroatoms. The highest BCUT2D eigenvalue weighted by molar-refractivity contribution is 9.10. The maximum Gasteiger partial charge on any atom is 0.0765 e. The van der Waals surface area contributed by atoms with Crippen LogP contribution >= 0.6 is 38.6 Å². The third kappa shape index (κ3) is 2.65. The average molecular weight is 330 g/mol. The van der Waals surface area contributed by atoms with Crippen LogP contribution < -0.4 is 5.32 Å².